The maximum absolute atomic E-state index is 13.3. The lowest BCUT2D eigenvalue weighted by atomic mass is 10.2. The van der Waals surface area contributed by atoms with E-state index in [4.69, 9.17) is 23.2 Å². The Bertz CT molecular complexity index is 1300. The summed E-state index contributed by atoms with van der Waals surface area (Å²) in [5.41, 5.74) is -1.48. The van der Waals surface area contributed by atoms with Crippen molar-refractivity contribution in [3.63, 3.8) is 0 Å². The zero-order valence-corrected chi connectivity index (χ0v) is 18.0. The number of benzene rings is 3. The predicted molar refractivity (Wildman–Crippen MR) is 113 cm³/mol. The van der Waals surface area contributed by atoms with Gasteiger partial charge in [-0.3, -0.25) is 9.52 Å². The Morgan fingerprint density at radius 3 is 2.28 bits per heavy atom. The van der Waals surface area contributed by atoms with Crippen LogP contribution in [0.2, 0.25) is 10.0 Å². The number of anilines is 2. The second-order valence-electron chi connectivity index (χ2n) is 6.41. The Morgan fingerprint density at radius 1 is 0.906 bits per heavy atom. The van der Waals surface area contributed by atoms with Crippen LogP contribution in [-0.4, -0.2) is 14.3 Å². The number of rotatable bonds is 5. The number of hydrogen-bond donors (Lipinski definition) is 2. The molecular formula is C20H12Cl2F4N2O3S. The Labute approximate surface area is 190 Å². The van der Waals surface area contributed by atoms with Gasteiger partial charge in [-0.1, -0.05) is 29.3 Å². The van der Waals surface area contributed by atoms with Gasteiger partial charge >= 0.3 is 6.18 Å². The van der Waals surface area contributed by atoms with E-state index in [-0.39, 0.29) is 21.3 Å². The lowest BCUT2D eigenvalue weighted by Crippen LogP contribution is -2.16. The summed E-state index contributed by atoms with van der Waals surface area (Å²) in [5.74, 6) is -1.40. The molecular weight excluding hydrogens is 495 g/mol. The second-order valence-corrected chi connectivity index (χ2v) is 8.91. The Morgan fingerprint density at radius 2 is 1.62 bits per heavy atom. The van der Waals surface area contributed by atoms with Gasteiger partial charge in [-0.2, -0.15) is 13.2 Å². The van der Waals surface area contributed by atoms with Gasteiger partial charge in [0.1, 0.15) is 5.82 Å². The van der Waals surface area contributed by atoms with Gasteiger partial charge in [-0.05, 0) is 54.6 Å². The minimum atomic E-state index is -4.70. The number of amides is 1. The van der Waals surface area contributed by atoms with E-state index in [0.717, 1.165) is 24.3 Å². The fourth-order valence-electron chi connectivity index (χ4n) is 2.57. The van der Waals surface area contributed by atoms with E-state index in [1.165, 1.54) is 24.3 Å². The molecule has 0 fully saturated rings. The van der Waals surface area contributed by atoms with Crippen LogP contribution in [0.15, 0.2) is 65.6 Å². The van der Waals surface area contributed by atoms with Crippen molar-refractivity contribution in [2.45, 2.75) is 11.1 Å². The molecule has 0 atom stereocenters. The lowest BCUT2D eigenvalue weighted by molar-refractivity contribution is -0.137. The van der Waals surface area contributed by atoms with Gasteiger partial charge in [0, 0.05) is 11.3 Å². The Kier molecular flexibility index (Phi) is 6.68. The number of carbonyl (C=O) groups excluding carboxylic acids is 1. The van der Waals surface area contributed by atoms with E-state index in [9.17, 15) is 30.8 Å². The van der Waals surface area contributed by atoms with Crippen LogP contribution in [0.5, 0.6) is 0 Å². The van der Waals surface area contributed by atoms with E-state index in [1.807, 2.05) is 4.72 Å². The minimum Gasteiger partial charge on any atom is -0.322 e. The Balaban J connectivity index is 1.86. The number of hydrogen-bond acceptors (Lipinski definition) is 3. The van der Waals surface area contributed by atoms with Crippen LogP contribution in [-0.2, 0) is 16.2 Å². The molecule has 0 radical (unpaired) electrons. The molecule has 0 aliphatic heterocycles. The van der Waals surface area contributed by atoms with Crippen molar-refractivity contribution in [1.29, 1.82) is 0 Å². The molecule has 168 valence electrons. The molecule has 3 aromatic rings. The van der Waals surface area contributed by atoms with Gasteiger partial charge in [0.2, 0.25) is 0 Å². The molecule has 0 aromatic heterocycles. The molecule has 0 heterocycles. The predicted octanol–water partition coefficient (Wildman–Crippen LogP) is 6.20. The fraction of sp³-hybridized carbons (Fsp3) is 0.0500. The van der Waals surface area contributed by atoms with E-state index in [0.29, 0.717) is 12.1 Å². The van der Waals surface area contributed by atoms with Crippen molar-refractivity contribution in [3.8, 4) is 0 Å². The smallest absolute Gasteiger partial charge is 0.322 e. The molecule has 3 rings (SSSR count). The van der Waals surface area contributed by atoms with Crippen LogP contribution in [0.3, 0.4) is 0 Å². The molecule has 0 aliphatic carbocycles. The highest BCUT2D eigenvalue weighted by atomic mass is 35.5. The summed E-state index contributed by atoms with van der Waals surface area (Å²) in [6.07, 6.45) is -4.70. The molecule has 0 saturated carbocycles. The first-order valence-electron chi connectivity index (χ1n) is 8.63. The third kappa shape index (κ3) is 5.50. The quantitative estimate of drug-likeness (QED) is 0.404. The normalized spacial score (nSPS) is 11.8. The standard InChI is InChI=1S/C20H12Cl2F4N2O3S/c21-15-6-4-12(20(24,25)26)9-18(15)28-32(30,31)14-3-1-2-11(8-14)19(29)27-13-5-7-17(23)16(22)10-13/h1-10,28H,(H,27,29). The van der Waals surface area contributed by atoms with E-state index < -0.39 is 44.1 Å². The second kappa shape index (κ2) is 8.97. The number of carbonyl (C=O) groups is 1. The largest absolute Gasteiger partial charge is 0.416 e. The molecule has 5 nitrogen and oxygen atoms in total. The van der Waals surface area contributed by atoms with Crippen molar-refractivity contribution in [3.05, 3.63) is 87.7 Å². The third-order valence-corrected chi connectivity index (χ3v) is 6.10. The van der Waals surface area contributed by atoms with Crippen molar-refractivity contribution in [2.75, 3.05) is 10.0 Å². The highest BCUT2D eigenvalue weighted by molar-refractivity contribution is 7.92. The van der Waals surface area contributed by atoms with Crippen molar-refractivity contribution < 1.29 is 30.8 Å². The summed E-state index contributed by atoms with van der Waals surface area (Å²) in [4.78, 5) is 12.1. The summed E-state index contributed by atoms with van der Waals surface area (Å²) in [5, 5.41) is 1.97. The number of halogens is 6. The summed E-state index contributed by atoms with van der Waals surface area (Å²) < 4.78 is 79.4. The first-order valence-corrected chi connectivity index (χ1v) is 10.9. The molecule has 0 aliphatic rings. The van der Waals surface area contributed by atoms with Crippen molar-refractivity contribution in [2.24, 2.45) is 0 Å². The molecule has 32 heavy (non-hydrogen) atoms. The molecule has 0 unspecified atom stereocenters. The number of nitrogens with one attached hydrogen (secondary N) is 2. The number of sulfonamides is 1. The van der Waals surface area contributed by atoms with Gasteiger partial charge in [-0.15, -0.1) is 0 Å². The summed E-state index contributed by atoms with van der Waals surface area (Å²) in [7, 11) is -4.39. The third-order valence-electron chi connectivity index (χ3n) is 4.12. The molecule has 12 heteroatoms. The molecule has 0 spiro atoms. The van der Waals surface area contributed by atoms with Crippen LogP contribution in [0, 0.1) is 5.82 Å². The zero-order valence-electron chi connectivity index (χ0n) is 15.7. The van der Waals surface area contributed by atoms with E-state index in [1.54, 1.807) is 0 Å². The zero-order chi connectivity index (χ0) is 23.7. The first-order chi connectivity index (χ1) is 14.9. The van der Waals surface area contributed by atoms with E-state index >= 15 is 0 Å². The van der Waals surface area contributed by atoms with Gasteiger partial charge in [0.25, 0.3) is 15.9 Å². The SMILES string of the molecule is O=C(Nc1ccc(F)c(Cl)c1)c1cccc(S(=O)(=O)Nc2cc(C(F)(F)F)ccc2Cl)c1. The first kappa shape index (κ1) is 23.8. The van der Waals surface area contributed by atoms with Gasteiger partial charge < -0.3 is 5.32 Å². The molecule has 1 amide bonds. The maximum atomic E-state index is 13.3. The van der Waals surface area contributed by atoms with Crippen LogP contribution >= 0.6 is 23.2 Å². The van der Waals surface area contributed by atoms with Gasteiger partial charge in [0.15, 0.2) is 0 Å². The Hall–Kier alpha value is -2.82. The van der Waals surface area contributed by atoms with Gasteiger partial charge in [0.05, 0.1) is 26.2 Å². The van der Waals surface area contributed by atoms with Crippen LogP contribution < -0.4 is 10.0 Å². The topological polar surface area (TPSA) is 75.3 Å². The number of alkyl halides is 3. The minimum absolute atomic E-state index is 0.0801. The highest BCUT2D eigenvalue weighted by Crippen LogP contribution is 2.34. The average Bonchev–Trinajstić information content (AvgIpc) is 2.71. The fourth-order valence-corrected chi connectivity index (χ4v) is 4.08. The summed E-state index contributed by atoms with van der Waals surface area (Å²) in [6, 6.07) is 10.4. The molecule has 3 aromatic carbocycles. The highest BCUT2D eigenvalue weighted by Gasteiger charge is 2.31. The molecule has 2 N–H and O–H groups in total. The van der Waals surface area contributed by atoms with Crippen LogP contribution in [0.1, 0.15) is 15.9 Å². The molecule has 0 bridgehead atoms. The summed E-state index contributed by atoms with van der Waals surface area (Å²) >= 11 is 11.5. The van der Waals surface area contributed by atoms with Crippen LogP contribution in [0.25, 0.3) is 0 Å². The monoisotopic (exact) mass is 506 g/mol. The maximum Gasteiger partial charge on any atom is 0.416 e. The van der Waals surface area contributed by atoms with Gasteiger partial charge in [-0.25, -0.2) is 12.8 Å². The van der Waals surface area contributed by atoms with Crippen LogP contribution in [0.4, 0.5) is 28.9 Å². The van der Waals surface area contributed by atoms with Crippen molar-refractivity contribution >= 4 is 50.5 Å². The van der Waals surface area contributed by atoms with Crippen molar-refractivity contribution in [1.82, 2.24) is 0 Å². The molecule has 0 saturated heterocycles. The lowest BCUT2D eigenvalue weighted by Gasteiger charge is -2.13. The summed E-state index contributed by atoms with van der Waals surface area (Å²) in [6.45, 7) is 0. The van der Waals surface area contributed by atoms with E-state index in [2.05, 4.69) is 5.32 Å². The average molecular weight is 507 g/mol.